The van der Waals surface area contributed by atoms with Crippen molar-refractivity contribution in [3.8, 4) is 22.6 Å². The van der Waals surface area contributed by atoms with Gasteiger partial charge in [-0.3, -0.25) is 14.9 Å². The summed E-state index contributed by atoms with van der Waals surface area (Å²) in [6.45, 7) is 0. The fourth-order valence-corrected chi connectivity index (χ4v) is 2.15. The first-order valence-electron chi connectivity index (χ1n) is 6.45. The summed E-state index contributed by atoms with van der Waals surface area (Å²) in [5, 5.41) is 10.9. The molecule has 0 aliphatic rings. The standard InChI is InChI=1S/C16H10N2O4/c19-15-8-9-22-16(17-15)14-7-2-1-6-13(14)11-4-3-5-12(10-11)18(20)21/h1-10H. The molecule has 0 fully saturated rings. The van der Waals surface area contributed by atoms with Crippen molar-refractivity contribution in [2.45, 2.75) is 0 Å². The third-order valence-corrected chi connectivity index (χ3v) is 3.13. The molecule has 6 nitrogen and oxygen atoms in total. The number of aromatic nitrogens is 1. The molecule has 0 saturated heterocycles. The fraction of sp³-hybridized carbons (Fsp3) is 0. The highest BCUT2D eigenvalue weighted by molar-refractivity contribution is 5.80. The number of rotatable bonds is 3. The Hall–Kier alpha value is -3.28. The molecule has 0 N–H and O–H groups in total. The minimum Gasteiger partial charge on any atom is -0.446 e. The molecule has 0 saturated carbocycles. The van der Waals surface area contributed by atoms with Gasteiger partial charge in [0.25, 0.3) is 11.2 Å². The van der Waals surface area contributed by atoms with Crippen LogP contribution in [0.1, 0.15) is 0 Å². The molecule has 0 aliphatic heterocycles. The summed E-state index contributed by atoms with van der Waals surface area (Å²) in [6, 6.07) is 14.6. The van der Waals surface area contributed by atoms with Crippen molar-refractivity contribution in [1.29, 1.82) is 0 Å². The average molecular weight is 294 g/mol. The number of benzene rings is 2. The molecule has 108 valence electrons. The Balaban J connectivity index is 2.19. The molecule has 0 bridgehead atoms. The molecule has 1 heterocycles. The summed E-state index contributed by atoms with van der Waals surface area (Å²) in [5.41, 5.74) is 1.54. The van der Waals surface area contributed by atoms with Gasteiger partial charge >= 0.3 is 0 Å². The average Bonchev–Trinajstić information content (AvgIpc) is 2.55. The van der Waals surface area contributed by atoms with E-state index in [-0.39, 0.29) is 11.6 Å². The smallest absolute Gasteiger partial charge is 0.276 e. The number of nitro groups is 1. The summed E-state index contributed by atoms with van der Waals surface area (Å²) in [7, 11) is 0. The maximum absolute atomic E-state index is 11.4. The van der Waals surface area contributed by atoms with Crippen LogP contribution < -0.4 is 5.56 Å². The van der Waals surface area contributed by atoms with Crippen LogP contribution in [0.2, 0.25) is 0 Å². The van der Waals surface area contributed by atoms with Crippen LogP contribution in [0.25, 0.3) is 22.6 Å². The first kappa shape index (κ1) is 13.7. The highest BCUT2D eigenvalue weighted by atomic mass is 16.6. The van der Waals surface area contributed by atoms with Gasteiger partial charge in [-0.2, -0.15) is 4.98 Å². The van der Waals surface area contributed by atoms with E-state index in [4.69, 9.17) is 4.42 Å². The van der Waals surface area contributed by atoms with Crippen LogP contribution in [0, 0.1) is 10.1 Å². The topological polar surface area (TPSA) is 86.2 Å². The van der Waals surface area contributed by atoms with Crippen molar-refractivity contribution in [3.63, 3.8) is 0 Å². The Morgan fingerprint density at radius 3 is 2.50 bits per heavy atom. The van der Waals surface area contributed by atoms with Gasteiger partial charge in [0, 0.05) is 23.8 Å². The van der Waals surface area contributed by atoms with Crippen molar-refractivity contribution in [2.24, 2.45) is 0 Å². The van der Waals surface area contributed by atoms with Gasteiger partial charge in [-0.15, -0.1) is 0 Å². The number of nitrogens with zero attached hydrogens (tertiary/aromatic N) is 2. The zero-order valence-electron chi connectivity index (χ0n) is 11.3. The predicted octanol–water partition coefficient (Wildman–Crippen LogP) is 3.28. The third-order valence-electron chi connectivity index (χ3n) is 3.13. The van der Waals surface area contributed by atoms with Crippen molar-refractivity contribution in [3.05, 3.63) is 81.3 Å². The second-order valence-electron chi connectivity index (χ2n) is 4.53. The Labute approximate surface area is 124 Å². The second kappa shape index (κ2) is 5.61. The lowest BCUT2D eigenvalue weighted by Gasteiger charge is -2.07. The van der Waals surface area contributed by atoms with Gasteiger partial charge in [0.2, 0.25) is 5.89 Å². The van der Waals surface area contributed by atoms with E-state index in [0.717, 1.165) is 0 Å². The summed E-state index contributed by atoms with van der Waals surface area (Å²) in [5.74, 6) is 0.176. The zero-order chi connectivity index (χ0) is 15.5. The minimum absolute atomic E-state index is 0.00484. The van der Waals surface area contributed by atoms with Crippen LogP contribution in [-0.4, -0.2) is 9.91 Å². The second-order valence-corrected chi connectivity index (χ2v) is 4.53. The monoisotopic (exact) mass is 294 g/mol. The van der Waals surface area contributed by atoms with E-state index in [9.17, 15) is 14.9 Å². The third kappa shape index (κ3) is 2.62. The van der Waals surface area contributed by atoms with Crippen molar-refractivity contribution < 1.29 is 9.34 Å². The van der Waals surface area contributed by atoms with E-state index in [1.165, 1.54) is 24.5 Å². The molecule has 0 aliphatic carbocycles. The minimum atomic E-state index is -0.451. The molecule has 6 heteroatoms. The molecule has 3 aromatic rings. The van der Waals surface area contributed by atoms with Gasteiger partial charge in [0.15, 0.2) is 0 Å². The van der Waals surface area contributed by atoms with E-state index < -0.39 is 10.5 Å². The largest absolute Gasteiger partial charge is 0.446 e. The summed E-state index contributed by atoms with van der Waals surface area (Å²) < 4.78 is 5.29. The molecule has 0 unspecified atom stereocenters. The van der Waals surface area contributed by atoms with Crippen molar-refractivity contribution in [2.75, 3.05) is 0 Å². The van der Waals surface area contributed by atoms with Crippen LogP contribution in [0.15, 0.2) is 70.1 Å². The van der Waals surface area contributed by atoms with Gasteiger partial charge in [-0.05, 0) is 17.2 Å². The summed E-state index contributed by atoms with van der Waals surface area (Å²) >= 11 is 0. The first-order valence-corrected chi connectivity index (χ1v) is 6.45. The lowest BCUT2D eigenvalue weighted by molar-refractivity contribution is -0.384. The number of hydrogen-bond acceptors (Lipinski definition) is 5. The van der Waals surface area contributed by atoms with Crippen molar-refractivity contribution in [1.82, 2.24) is 4.98 Å². The van der Waals surface area contributed by atoms with Crippen LogP contribution in [-0.2, 0) is 0 Å². The Morgan fingerprint density at radius 2 is 1.77 bits per heavy atom. The van der Waals surface area contributed by atoms with E-state index in [1.54, 1.807) is 36.4 Å². The lowest BCUT2D eigenvalue weighted by atomic mass is 9.99. The van der Waals surface area contributed by atoms with Gasteiger partial charge in [-0.25, -0.2) is 0 Å². The molecule has 0 radical (unpaired) electrons. The first-order chi connectivity index (χ1) is 10.6. The quantitative estimate of drug-likeness (QED) is 0.546. The zero-order valence-corrected chi connectivity index (χ0v) is 11.3. The lowest BCUT2D eigenvalue weighted by Crippen LogP contribution is -2.04. The molecule has 0 atom stereocenters. The van der Waals surface area contributed by atoms with E-state index in [0.29, 0.717) is 16.7 Å². The SMILES string of the molecule is O=c1ccoc(-c2ccccc2-c2cccc([N+](=O)[O-])c2)n1. The number of hydrogen-bond donors (Lipinski definition) is 0. The molecule has 0 amide bonds. The summed E-state index contributed by atoms with van der Waals surface area (Å²) in [4.78, 5) is 25.7. The van der Waals surface area contributed by atoms with Gasteiger partial charge in [0.1, 0.15) is 0 Å². The fourth-order valence-electron chi connectivity index (χ4n) is 2.15. The van der Waals surface area contributed by atoms with Gasteiger partial charge in [0.05, 0.1) is 11.2 Å². The van der Waals surface area contributed by atoms with Crippen LogP contribution in [0.3, 0.4) is 0 Å². The number of nitro benzene ring substituents is 1. The molecular weight excluding hydrogens is 284 g/mol. The van der Waals surface area contributed by atoms with Crippen LogP contribution in [0.5, 0.6) is 0 Å². The van der Waals surface area contributed by atoms with E-state index in [2.05, 4.69) is 4.98 Å². The maximum Gasteiger partial charge on any atom is 0.276 e. The number of non-ortho nitro benzene ring substituents is 1. The van der Waals surface area contributed by atoms with E-state index >= 15 is 0 Å². The van der Waals surface area contributed by atoms with E-state index in [1.807, 2.05) is 0 Å². The molecule has 22 heavy (non-hydrogen) atoms. The van der Waals surface area contributed by atoms with Gasteiger partial charge < -0.3 is 4.42 Å². The molecule has 3 rings (SSSR count). The predicted molar refractivity (Wildman–Crippen MR) is 80.3 cm³/mol. The summed E-state index contributed by atoms with van der Waals surface area (Å²) in [6.07, 6.45) is 1.27. The molecular formula is C16H10N2O4. The van der Waals surface area contributed by atoms with Crippen molar-refractivity contribution >= 4 is 5.69 Å². The van der Waals surface area contributed by atoms with Crippen LogP contribution in [0.4, 0.5) is 5.69 Å². The Kier molecular flexibility index (Phi) is 3.49. The van der Waals surface area contributed by atoms with Gasteiger partial charge in [-0.1, -0.05) is 30.3 Å². The maximum atomic E-state index is 11.4. The molecule has 2 aromatic carbocycles. The highest BCUT2D eigenvalue weighted by Crippen LogP contribution is 2.32. The Morgan fingerprint density at radius 1 is 1.00 bits per heavy atom. The molecule has 0 spiro atoms. The highest BCUT2D eigenvalue weighted by Gasteiger charge is 2.13. The van der Waals surface area contributed by atoms with Crippen LogP contribution >= 0.6 is 0 Å². The molecule has 1 aromatic heterocycles. The normalized spacial score (nSPS) is 10.4. The Bertz CT molecular complexity index is 902.